The van der Waals surface area contributed by atoms with Gasteiger partial charge in [-0.15, -0.1) is 0 Å². The minimum Gasteiger partial charge on any atom is -0.506 e. The molecule has 0 atom stereocenters. The average molecular weight is 222 g/mol. The summed E-state index contributed by atoms with van der Waals surface area (Å²) < 4.78 is 0. The summed E-state index contributed by atoms with van der Waals surface area (Å²) in [5.41, 5.74) is 2.11. The van der Waals surface area contributed by atoms with E-state index in [0.29, 0.717) is 17.9 Å². The van der Waals surface area contributed by atoms with Gasteiger partial charge in [0.05, 0.1) is 5.69 Å². The first-order valence-corrected chi connectivity index (χ1v) is 5.44. The quantitative estimate of drug-likeness (QED) is 0.825. The molecule has 0 spiro atoms. The topological polar surface area (TPSA) is 62.2 Å². The molecule has 4 heteroatoms. The van der Waals surface area contributed by atoms with E-state index in [4.69, 9.17) is 0 Å². The lowest BCUT2D eigenvalue weighted by molar-refractivity contribution is -0.116. The number of nitrogens with zero attached hydrogens (tertiary/aromatic N) is 1. The zero-order chi connectivity index (χ0) is 12.3. The summed E-state index contributed by atoms with van der Waals surface area (Å²) in [7, 11) is 0. The number of aryl methyl sites for hydroxylation is 1. The van der Waals surface area contributed by atoms with Crippen LogP contribution in [-0.2, 0) is 4.79 Å². The Bertz CT molecular complexity index is 414. The van der Waals surface area contributed by atoms with Gasteiger partial charge in [0.2, 0.25) is 5.91 Å². The highest BCUT2D eigenvalue weighted by Crippen LogP contribution is 2.27. The third-order valence-electron chi connectivity index (χ3n) is 2.63. The molecular formula is C12H18N2O2. The standard InChI is InChI=1S/C12H18N2O2/c1-5-6-10(15)14-12-8(3)7(2)11(16)9(4)13-12/h16H,5-6H2,1-4H3,(H,13,14,15). The minimum atomic E-state index is -0.0393. The van der Waals surface area contributed by atoms with Crippen molar-refractivity contribution < 1.29 is 9.90 Å². The second-order valence-corrected chi connectivity index (χ2v) is 3.94. The van der Waals surface area contributed by atoms with Crippen LogP contribution in [0, 0.1) is 20.8 Å². The Balaban J connectivity index is 3.02. The zero-order valence-electron chi connectivity index (χ0n) is 10.2. The predicted molar refractivity (Wildman–Crippen MR) is 63.7 cm³/mol. The van der Waals surface area contributed by atoms with Gasteiger partial charge < -0.3 is 10.4 Å². The van der Waals surface area contributed by atoms with Crippen LogP contribution in [0.4, 0.5) is 5.82 Å². The van der Waals surface area contributed by atoms with Crippen LogP contribution in [0.2, 0.25) is 0 Å². The Hall–Kier alpha value is -1.58. The van der Waals surface area contributed by atoms with Crippen molar-refractivity contribution in [2.24, 2.45) is 0 Å². The molecule has 1 aromatic rings. The minimum absolute atomic E-state index is 0.0393. The maximum Gasteiger partial charge on any atom is 0.225 e. The molecule has 16 heavy (non-hydrogen) atoms. The van der Waals surface area contributed by atoms with Crippen LogP contribution in [0.3, 0.4) is 0 Å². The smallest absolute Gasteiger partial charge is 0.225 e. The van der Waals surface area contributed by atoms with Gasteiger partial charge in [0.15, 0.2) is 0 Å². The molecule has 0 radical (unpaired) electrons. The van der Waals surface area contributed by atoms with Gasteiger partial charge in [0.1, 0.15) is 11.6 Å². The van der Waals surface area contributed by atoms with Crippen LogP contribution in [0.1, 0.15) is 36.6 Å². The fraction of sp³-hybridized carbons (Fsp3) is 0.500. The van der Waals surface area contributed by atoms with Crippen molar-refractivity contribution in [2.45, 2.75) is 40.5 Å². The van der Waals surface area contributed by atoms with E-state index in [1.807, 2.05) is 20.8 Å². The molecule has 0 bridgehead atoms. The molecule has 0 saturated heterocycles. The molecular weight excluding hydrogens is 204 g/mol. The number of carbonyl (C=O) groups excluding carboxylic acids is 1. The van der Waals surface area contributed by atoms with E-state index in [9.17, 15) is 9.90 Å². The summed E-state index contributed by atoms with van der Waals surface area (Å²) in [5.74, 6) is 0.708. The van der Waals surface area contributed by atoms with Gasteiger partial charge in [-0.25, -0.2) is 4.98 Å². The Labute approximate surface area is 95.7 Å². The van der Waals surface area contributed by atoms with Gasteiger partial charge in [-0.3, -0.25) is 4.79 Å². The molecule has 0 aliphatic carbocycles. The normalized spacial score (nSPS) is 10.2. The van der Waals surface area contributed by atoms with E-state index >= 15 is 0 Å². The van der Waals surface area contributed by atoms with Crippen molar-refractivity contribution in [3.05, 3.63) is 16.8 Å². The highest BCUT2D eigenvalue weighted by Gasteiger charge is 2.12. The van der Waals surface area contributed by atoms with Crippen molar-refractivity contribution in [3.63, 3.8) is 0 Å². The average Bonchev–Trinajstić information content (AvgIpc) is 2.23. The first kappa shape index (κ1) is 12.5. The monoisotopic (exact) mass is 222 g/mol. The lowest BCUT2D eigenvalue weighted by Gasteiger charge is -2.12. The summed E-state index contributed by atoms with van der Waals surface area (Å²) in [6.45, 7) is 7.32. The number of carbonyl (C=O) groups is 1. The number of nitrogens with one attached hydrogen (secondary N) is 1. The van der Waals surface area contributed by atoms with E-state index in [0.717, 1.165) is 17.5 Å². The number of rotatable bonds is 3. The summed E-state index contributed by atoms with van der Waals surface area (Å²) in [6, 6.07) is 0. The fourth-order valence-electron chi connectivity index (χ4n) is 1.47. The molecule has 2 N–H and O–H groups in total. The first-order valence-electron chi connectivity index (χ1n) is 5.44. The molecule has 88 valence electrons. The molecule has 1 rings (SSSR count). The van der Waals surface area contributed by atoms with Gasteiger partial charge in [0, 0.05) is 6.42 Å². The number of hydrogen-bond acceptors (Lipinski definition) is 3. The number of amides is 1. The molecule has 0 aliphatic rings. The van der Waals surface area contributed by atoms with Crippen LogP contribution in [-0.4, -0.2) is 16.0 Å². The largest absolute Gasteiger partial charge is 0.506 e. The summed E-state index contributed by atoms with van der Waals surface area (Å²) in [4.78, 5) is 15.6. The van der Waals surface area contributed by atoms with E-state index < -0.39 is 0 Å². The number of pyridine rings is 1. The van der Waals surface area contributed by atoms with Crippen LogP contribution in [0.25, 0.3) is 0 Å². The molecule has 4 nitrogen and oxygen atoms in total. The van der Waals surface area contributed by atoms with Gasteiger partial charge in [-0.2, -0.15) is 0 Å². The van der Waals surface area contributed by atoms with Crippen molar-refractivity contribution in [1.82, 2.24) is 4.98 Å². The summed E-state index contributed by atoms with van der Waals surface area (Å²) >= 11 is 0. The van der Waals surface area contributed by atoms with Crippen molar-refractivity contribution in [2.75, 3.05) is 5.32 Å². The Morgan fingerprint density at radius 2 is 1.94 bits per heavy atom. The molecule has 0 saturated carbocycles. The van der Waals surface area contributed by atoms with E-state index in [2.05, 4.69) is 10.3 Å². The maximum atomic E-state index is 11.5. The number of aromatic nitrogens is 1. The molecule has 0 aromatic carbocycles. The molecule has 1 aromatic heterocycles. The van der Waals surface area contributed by atoms with Crippen LogP contribution in [0.15, 0.2) is 0 Å². The summed E-state index contributed by atoms with van der Waals surface area (Å²) in [6.07, 6.45) is 1.29. The van der Waals surface area contributed by atoms with Crippen molar-refractivity contribution in [3.8, 4) is 5.75 Å². The third-order valence-corrected chi connectivity index (χ3v) is 2.63. The second-order valence-electron chi connectivity index (χ2n) is 3.94. The molecule has 1 heterocycles. The SMILES string of the molecule is CCCC(=O)Nc1nc(C)c(O)c(C)c1C. The van der Waals surface area contributed by atoms with Gasteiger partial charge in [-0.1, -0.05) is 6.92 Å². The molecule has 0 aliphatic heterocycles. The highest BCUT2D eigenvalue weighted by atomic mass is 16.3. The van der Waals surface area contributed by atoms with E-state index in [1.165, 1.54) is 0 Å². The molecule has 1 amide bonds. The number of anilines is 1. The number of aromatic hydroxyl groups is 1. The van der Waals surface area contributed by atoms with Gasteiger partial charge >= 0.3 is 0 Å². The second kappa shape index (κ2) is 4.96. The van der Waals surface area contributed by atoms with Crippen molar-refractivity contribution >= 4 is 11.7 Å². The fourth-order valence-corrected chi connectivity index (χ4v) is 1.47. The zero-order valence-corrected chi connectivity index (χ0v) is 10.2. The van der Waals surface area contributed by atoms with Crippen LogP contribution >= 0.6 is 0 Å². The maximum absolute atomic E-state index is 11.5. The van der Waals surface area contributed by atoms with Crippen LogP contribution in [0.5, 0.6) is 5.75 Å². The third kappa shape index (κ3) is 2.51. The Morgan fingerprint density at radius 3 is 2.50 bits per heavy atom. The number of hydrogen-bond donors (Lipinski definition) is 2. The predicted octanol–water partition coefficient (Wildman–Crippen LogP) is 2.45. The van der Waals surface area contributed by atoms with Crippen molar-refractivity contribution in [1.29, 1.82) is 0 Å². The first-order chi connectivity index (χ1) is 7.47. The lowest BCUT2D eigenvalue weighted by atomic mass is 10.1. The Kier molecular flexibility index (Phi) is 3.88. The lowest BCUT2D eigenvalue weighted by Crippen LogP contribution is -2.14. The Morgan fingerprint density at radius 1 is 1.31 bits per heavy atom. The van der Waals surface area contributed by atoms with E-state index in [-0.39, 0.29) is 11.7 Å². The molecule has 0 unspecified atom stereocenters. The van der Waals surface area contributed by atoms with E-state index in [1.54, 1.807) is 6.92 Å². The summed E-state index contributed by atoms with van der Waals surface area (Å²) in [5, 5.41) is 12.4. The highest BCUT2D eigenvalue weighted by molar-refractivity contribution is 5.90. The van der Waals surface area contributed by atoms with Gasteiger partial charge in [0.25, 0.3) is 0 Å². The molecule has 0 fully saturated rings. The van der Waals surface area contributed by atoms with Crippen LogP contribution < -0.4 is 5.32 Å². The van der Waals surface area contributed by atoms with Gasteiger partial charge in [-0.05, 0) is 38.3 Å².